The van der Waals surface area contributed by atoms with Gasteiger partial charge in [-0.2, -0.15) is 0 Å². The summed E-state index contributed by atoms with van der Waals surface area (Å²) < 4.78 is 30.0. The Morgan fingerprint density at radius 2 is 1.42 bits per heavy atom. The number of benzene rings is 4. The number of anilines is 2. The van der Waals surface area contributed by atoms with Gasteiger partial charge in [0, 0.05) is 37.6 Å². The van der Waals surface area contributed by atoms with E-state index in [4.69, 9.17) is 14.2 Å². The predicted octanol–water partition coefficient (Wildman–Crippen LogP) is 5.09. The smallest absolute Gasteiger partial charge is 0.249 e. The summed E-state index contributed by atoms with van der Waals surface area (Å²) in [4.78, 5) is 30.8. The summed E-state index contributed by atoms with van der Waals surface area (Å²) in [7, 11) is 1.65. The third-order valence-corrected chi connectivity index (χ3v) is 7.40. The molecule has 0 aromatic heterocycles. The van der Waals surface area contributed by atoms with E-state index < -0.39 is 11.9 Å². The minimum absolute atomic E-state index is 0.00345. The van der Waals surface area contributed by atoms with E-state index in [2.05, 4.69) is 20.4 Å². The molecular weight excluding hydrogens is 575 g/mol. The monoisotopic (exact) mass is 612 g/mol. The molecule has 45 heavy (non-hydrogen) atoms. The molecule has 4 aromatic carbocycles. The van der Waals surface area contributed by atoms with Crippen molar-refractivity contribution in [2.24, 2.45) is 0 Å². The summed E-state index contributed by atoms with van der Waals surface area (Å²) in [6, 6.07) is 29.2. The molecule has 5 rings (SSSR count). The minimum atomic E-state index is -0.906. The lowest BCUT2D eigenvalue weighted by Crippen LogP contribution is -2.53. The molecule has 0 saturated carbocycles. The highest BCUT2D eigenvalue weighted by molar-refractivity contribution is 5.97. The number of rotatable bonds is 13. The molecule has 1 heterocycles. The van der Waals surface area contributed by atoms with Crippen LogP contribution in [-0.4, -0.2) is 69.2 Å². The van der Waals surface area contributed by atoms with Crippen molar-refractivity contribution >= 4 is 23.2 Å². The van der Waals surface area contributed by atoms with Gasteiger partial charge in [-0.25, -0.2) is 4.39 Å². The number of nitrogens with zero attached hydrogens (tertiary/aromatic N) is 2. The molecule has 0 bridgehead atoms. The molecule has 2 amide bonds. The number of hydrogen-bond acceptors (Lipinski definition) is 7. The molecule has 4 aromatic rings. The number of ether oxygens (including phenoxy) is 3. The minimum Gasteiger partial charge on any atom is -0.497 e. The van der Waals surface area contributed by atoms with Crippen molar-refractivity contribution in [1.82, 2.24) is 10.2 Å². The van der Waals surface area contributed by atoms with Gasteiger partial charge in [0.15, 0.2) is 0 Å². The number of halogens is 1. The first-order chi connectivity index (χ1) is 21.9. The quantitative estimate of drug-likeness (QED) is 0.217. The summed E-state index contributed by atoms with van der Waals surface area (Å²) in [5.74, 6) is 0.846. The maximum absolute atomic E-state index is 13.3. The number of hydrogen-bond donors (Lipinski definition) is 2. The first kappa shape index (κ1) is 31.5. The van der Waals surface area contributed by atoms with Gasteiger partial charge < -0.3 is 29.7 Å². The molecule has 1 atom stereocenters. The third-order valence-electron chi connectivity index (χ3n) is 7.40. The molecule has 2 N–H and O–H groups in total. The molecule has 0 unspecified atom stereocenters. The van der Waals surface area contributed by atoms with Crippen LogP contribution in [0.25, 0.3) is 0 Å². The van der Waals surface area contributed by atoms with E-state index in [1.54, 1.807) is 31.4 Å². The van der Waals surface area contributed by atoms with Crippen molar-refractivity contribution in [2.75, 3.05) is 56.7 Å². The van der Waals surface area contributed by atoms with Crippen LogP contribution in [0.2, 0.25) is 0 Å². The first-order valence-electron chi connectivity index (χ1n) is 14.8. The summed E-state index contributed by atoms with van der Waals surface area (Å²) in [6.45, 7) is 3.48. The van der Waals surface area contributed by atoms with Crippen LogP contribution in [0.15, 0.2) is 103 Å². The first-order valence-corrected chi connectivity index (χ1v) is 14.8. The summed E-state index contributed by atoms with van der Waals surface area (Å²) >= 11 is 0. The number of piperazine rings is 1. The van der Waals surface area contributed by atoms with E-state index in [1.807, 2.05) is 54.6 Å². The van der Waals surface area contributed by atoms with Gasteiger partial charge in [-0.15, -0.1) is 0 Å². The van der Waals surface area contributed by atoms with E-state index in [0.29, 0.717) is 36.9 Å². The number of amides is 2. The van der Waals surface area contributed by atoms with Gasteiger partial charge in [-0.05, 0) is 78.4 Å². The molecule has 1 aliphatic heterocycles. The van der Waals surface area contributed by atoms with Gasteiger partial charge >= 0.3 is 0 Å². The lowest BCUT2D eigenvalue weighted by molar-refractivity contribution is -0.128. The zero-order valence-corrected chi connectivity index (χ0v) is 25.2. The molecular formula is C35H37FN4O5. The van der Waals surface area contributed by atoms with Crippen LogP contribution in [0, 0.1) is 5.82 Å². The van der Waals surface area contributed by atoms with E-state index in [9.17, 15) is 14.0 Å². The highest BCUT2D eigenvalue weighted by atomic mass is 19.1. The van der Waals surface area contributed by atoms with Gasteiger partial charge in [-0.3, -0.25) is 14.5 Å². The second-order valence-electron chi connectivity index (χ2n) is 10.7. The Hall–Kier alpha value is -4.93. The van der Waals surface area contributed by atoms with Crippen LogP contribution in [0.4, 0.5) is 15.8 Å². The van der Waals surface area contributed by atoms with Crippen LogP contribution >= 0.6 is 0 Å². The second kappa shape index (κ2) is 15.7. The van der Waals surface area contributed by atoms with E-state index >= 15 is 0 Å². The van der Waals surface area contributed by atoms with Gasteiger partial charge in [0.2, 0.25) is 11.8 Å². The lowest BCUT2D eigenvalue weighted by atomic mass is 10.2. The Kier molecular flexibility index (Phi) is 11.0. The number of nitrogens with one attached hydrogen (secondary N) is 2. The van der Waals surface area contributed by atoms with E-state index in [0.717, 1.165) is 30.1 Å². The predicted molar refractivity (Wildman–Crippen MR) is 171 cm³/mol. The fourth-order valence-corrected chi connectivity index (χ4v) is 4.93. The van der Waals surface area contributed by atoms with Gasteiger partial charge in [0.25, 0.3) is 0 Å². The van der Waals surface area contributed by atoms with E-state index in [-0.39, 0.29) is 24.9 Å². The average Bonchev–Trinajstić information content (AvgIpc) is 3.07. The molecule has 234 valence electrons. The molecule has 10 heteroatoms. The second-order valence-corrected chi connectivity index (χ2v) is 10.7. The zero-order valence-electron chi connectivity index (χ0n) is 25.2. The third kappa shape index (κ3) is 9.53. The van der Waals surface area contributed by atoms with Crippen molar-refractivity contribution in [3.05, 3.63) is 115 Å². The van der Waals surface area contributed by atoms with E-state index in [1.165, 1.54) is 24.3 Å². The zero-order chi connectivity index (χ0) is 31.4. The van der Waals surface area contributed by atoms with Gasteiger partial charge in [0.1, 0.15) is 29.1 Å². The SMILES string of the molecule is COc1ccc(N2CCN(CC(=O)N[C@@H](COCc3ccccc3)C(=O)Nc3ccc(Oc4ccc(F)cc4)cc3)CC2)cc1. The van der Waals surface area contributed by atoms with Crippen molar-refractivity contribution in [3.8, 4) is 17.2 Å². The standard InChI is InChI=1S/C35H37FN4O5/c1-43-30-17-11-29(12-18-30)40-21-19-39(20-22-40)23-34(41)38-33(25-44-24-26-5-3-2-4-6-26)35(42)37-28-9-15-32(16-10-28)45-31-13-7-27(36)8-14-31/h2-18,33H,19-25H2,1H3,(H,37,42)(H,38,41)/t33-/m0/s1. The Balaban J connectivity index is 1.15. The fraction of sp³-hybridized carbons (Fsp3) is 0.257. The largest absolute Gasteiger partial charge is 0.497 e. The molecule has 1 saturated heterocycles. The van der Waals surface area contributed by atoms with Crippen molar-refractivity contribution in [2.45, 2.75) is 12.6 Å². The fourth-order valence-electron chi connectivity index (χ4n) is 4.93. The molecule has 0 spiro atoms. The Bertz CT molecular complexity index is 1510. The molecule has 1 aliphatic rings. The van der Waals surface area contributed by atoms with Crippen LogP contribution < -0.4 is 25.0 Å². The van der Waals surface area contributed by atoms with Crippen molar-refractivity contribution in [1.29, 1.82) is 0 Å². The van der Waals surface area contributed by atoms with Crippen LogP contribution in [0.5, 0.6) is 17.2 Å². The van der Waals surface area contributed by atoms with Gasteiger partial charge in [-0.1, -0.05) is 30.3 Å². The maximum atomic E-state index is 13.3. The Morgan fingerprint density at radius 3 is 2.07 bits per heavy atom. The Labute approximate surface area is 262 Å². The van der Waals surface area contributed by atoms with Crippen LogP contribution in [0.1, 0.15) is 5.56 Å². The maximum Gasteiger partial charge on any atom is 0.249 e. The highest BCUT2D eigenvalue weighted by Gasteiger charge is 2.24. The Morgan fingerprint density at radius 1 is 0.800 bits per heavy atom. The number of carbonyl (C=O) groups is 2. The summed E-state index contributed by atoms with van der Waals surface area (Å²) in [6.07, 6.45) is 0. The van der Waals surface area contributed by atoms with Crippen molar-refractivity contribution < 1.29 is 28.2 Å². The molecule has 0 aliphatic carbocycles. The average molecular weight is 613 g/mol. The number of methoxy groups -OCH3 is 1. The molecule has 1 fully saturated rings. The van der Waals surface area contributed by atoms with Crippen LogP contribution in [0.3, 0.4) is 0 Å². The lowest BCUT2D eigenvalue weighted by Gasteiger charge is -2.36. The van der Waals surface area contributed by atoms with Crippen molar-refractivity contribution in [3.63, 3.8) is 0 Å². The van der Waals surface area contributed by atoms with Gasteiger partial charge in [0.05, 0.1) is 26.9 Å². The summed E-state index contributed by atoms with van der Waals surface area (Å²) in [5, 5.41) is 5.74. The topological polar surface area (TPSA) is 92.4 Å². The van der Waals surface area contributed by atoms with Crippen LogP contribution in [-0.2, 0) is 20.9 Å². The number of carbonyl (C=O) groups excluding carboxylic acids is 2. The molecule has 0 radical (unpaired) electrons. The highest BCUT2D eigenvalue weighted by Crippen LogP contribution is 2.24. The normalized spacial score (nSPS) is 14.0. The molecule has 9 nitrogen and oxygen atoms in total. The summed E-state index contributed by atoms with van der Waals surface area (Å²) in [5.41, 5.74) is 2.61.